The van der Waals surface area contributed by atoms with Gasteiger partial charge in [-0.05, 0) is 24.6 Å². The fourth-order valence-electron chi connectivity index (χ4n) is 3.01. The van der Waals surface area contributed by atoms with E-state index in [4.69, 9.17) is 16.3 Å². The van der Waals surface area contributed by atoms with Gasteiger partial charge in [-0.25, -0.2) is 0 Å². The number of benzene rings is 2. The van der Waals surface area contributed by atoms with E-state index < -0.39 is 6.10 Å². The molecule has 5 heteroatoms. The van der Waals surface area contributed by atoms with Crippen LogP contribution in [0.25, 0.3) is 0 Å². The zero-order valence-electron chi connectivity index (χ0n) is 14.4. The normalized spacial score (nSPS) is 16.5. The molecule has 1 amide bonds. The molecule has 0 unspecified atom stereocenters. The summed E-state index contributed by atoms with van der Waals surface area (Å²) in [6, 6.07) is 17.6. The first kappa shape index (κ1) is 17.8. The molecule has 1 heterocycles. The minimum atomic E-state index is -0.541. The van der Waals surface area contributed by atoms with E-state index >= 15 is 0 Å². The van der Waals surface area contributed by atoms with Gasteiger partial charge in [-0.15, -0.1) is 0 Å². The molecule has 0 N–H and O–H groups in total. The Morgan fingerprint density at radius 1 is 1.04 bits per heavy atom. The van der Waals surface area contributed by atoms with Gasteiger partial charge in [0.2, 0.25) is 0 Å². The lowest BCUT2D eigenvalue weighted by atomic mass is 10.2. The molecule has 2 aromatic carbocycles. The molecule has 3 rings (SSSR count). The smallest absolute Gasteiger partial charge is 0.263 e. The number of hydrogen-bond acceptors (Lipinski definition) is 3. The van der Waals surface area contributed by atoms with E-state index in [2.05, 4.69) is 29.2 Å². The topological polar surface area (TPSA) is 32.8 Å². The average Bonchev–Trinajstić information content (AvgIpc) is 2.64. The van der Waals surface area contributed by atoms with Crippen molar-refractivity contribution < 1.29 is 9.53 Å². The zero-order valence-corrected chi connectivity index (χ0v) is 15.2. The Hall–Kier alpha value is -2.04. The lowest BCUT2D eigenvalue weighted by Gasteiger charge is -2.36. The number of halogens is 1. The van der Waals surface area contributed by atoms with E-state index in [0.717, 1.165) is 32.7 Å². The predicted octanol–water partition coefficient (Wildman–Crippen LogP) is 3.45. The summed E-state index contributed by atoms with van der Waals surface area (Å²) in [5.41, 5.74) is 1.30. The monoisotopic (exact) mass is 358 g/mol. The van der Waals surface area contributed by atoms with E-state index in [0.29, 0.717) is 10.8 Å². The molecule has 1 atom stereocenters. The van der Waals surface area contributed by atoms with Gasteiger partial charge in [-0.2, -0.15) is 0 Å². The first-order chi connectivity index (χ1) is 12.1. The molecule has 0 aromatic heterocycles. The van der Waals surface area contributed by atoms with Gasteiger partial charge in [0.25, 0.3) is 5.91 Å². The molecule has 1 fully saturated rings. The van der Waals surface area contributed by atoms with E-state index in [1.165, 1.54) is 5.56 Å². The summed E-state index contributed by atoms with van der Waals surface area (Å²) in [7, 11) is 0. The van der Waals surface area contributed by atoms with Crippen molar-refractivity contribution in [3.63, 3.8) is 0 Å². The molecular weight excluding hydrogens is 336 g/mol. The van der Waals surface area contributed by atoms with Gasteiger partial charge >= 0.3 is 0 Å². The van der Waals surface area contributed by atoms with Crippen molar-refractivity contribution >= 4 is 17.5 Å². The fourth-order valence-corrected chi connectivity index (χ4v) is 3.19. The highest BCUT2D eigenvalue weighted by molar-refractivity contribution is 6.32. The summed E-state index contributed by atoms with van der Waals surface area (Å²) in [5.74, 6) is 0.562. The second-order valence-electron chi connectivity index (χ2n) is 6.28. The van der Waals surface area contributed by atoms with E-state index in [1.807, 2.05) is 23.1 Å². The lowest BCUT2D eigenvalue weighted by Crippen LogP contribution is -2.51. The Morgan fingerprint density at radius 2 is 1.68 bits per heavy atom. The predicted molar refractivity (Wildman–Crippen MR) is 99.8 cm³/mol. The van der Waals surface area contributed by atoms with Gasteiger partial charge in [0.1, 0.15) is 5.75 Å². The van der Waals surface area contributed by atoms with Crippen molar-refractivity contribution in [3.8, 4) is 5.75 Å². The summed E-state index contributed by atoms with van der Waals surface area (Å²) in [6.07, 6.45) is -0.541. The first-order valence-corrected chi connectivity index (χ1v) is 8.97. The van der Waals surface area contributed by atoms with Crippen molar-refractivity contribution in [2.75, 3.05) is 26.2 Å². The summed E-state index contributed by atoms with van der Waals surface area (Å²) in [6.45, 7) is 5.90. The second kappa shape index (κ2) is 8.37. The third-order valence-corrected chi connectivity index (χ3v) is 4.73. The highest BCUT2D eigenvalue weighted by Crippen LogP contribution is 2.24. The third-order valence-electron chi connectivity index (χ3n) is 4.42. The number of piperazine rings is 1. The third kappa shape index (κ3) is 4.74. The minimum Gasteiger partial charge on any atom is -0.479 e. The molecule has 2 aromatic rings. The number of nitrogens with zero attached hydrogens (tertiary/aromatic N) is 2. The van der Waals surface area contributed by atoms with Crippen molar-refractivity contribution in [3.05, 3.63) is 65.2 Å². The van der Waals surface area contributed by atoms with Crippen LogP contribution in [0, 0.1) is 0 Å². The highest BCUT2D eigenvalue weighted by Gasteiger charge is 2.26. The van der Waals surface area contributed by atoms with Gasteiger partial charge < -0.3 is 9.64 Å². The Balaban J connectivity index is 1.50. The van der Waals surface area contributed by atoms with Crippen molar-refractivity contribution in [1.29, 1.82) is 0 Å². The van der Waals surface area contributed by atoms with Crippen molar-refractivity contribution in [2.45, 2.75) is 19.6 Å². The van der Waals surface area contributed by atoms with Crippen LogP contribution in [0.4, 0.5) is 0 Å². The molecule has 0 bridgehead atoms. The average molecular weight is 359 g/mol. The number of para-hydroxylation sites is 1. The molecule has 25 heavy (non-hydrogen) atoms. The molecule has 132 valence electrons. The summed E-state index contributed by atoms with van der Waals surface area (Å²) in [4.78, 5) is 16.9. The van der Waals surface area contributed by atoms with Gasteiger partial charge in [0.15, 0.2) is 6.10 Å². The molecule has 4 nitrogen and oxygen atoms in total. The largest absolute Gasteiger partial charge is 0.479 e. The summed E-state index contributed by atoms with van der Waals surface area (Å²) >= 11 is 6.10. The molecule has 0 radical (unpaired) electrons. The van der Waals surface area contributed by atoms with Crippen LogP contribution < -0.4 is 4.74 Å². The second-order valence-corrected chi connectivity index (χ2v) is 6.68. The number of rotatable bonds is 5. The van der Waals surface area contributed by atoms with Crippen LogP contribution in [-0.4, -0.2) is 48.0 Å². The number of ether oxygens (including phenoxy) is 1. The van der Waals surface area contributed by atoms with Crippen LogP contribution in [0.2, 0.25) is 5.02 Å². The Labute approximate surface area is 154 Å². The number of amides is 1. The molecule has 1 saturated heterocycles. The lowest BCUT2D eigenvalue weighted by molar-refractivity contribution is -0.139. The van der Waals surface area contributed by atoms with Gasteiger partial charge in [0, 0.05) is 32.7 Å². The van der Waals surface area contributed by atoms with Gasteiger partial charge in [-0.3, -0.25) is 9.69 Å². The van der Waals surface area contributed by atoms with Crippen LogP contribution in [0.1, 0.15) is 12.5 Å². The number of carbonyl (C=O) groups excluding carboxylic acids is 1. The summed E-state index contributed by atoms with van der Waals surface area (Å²) < 4.78 is 5.75. The molecule has 0 spiro atoms. The Bertz CT molecular complexity index is 700. The fraction of sp³-hybridized carbons (Fsp3) is 0.350. The first-order valence-electron chi connectivity index (χ1n) is 8.60. The van der Waals surface area contributed by atoms with Crippen LogP contribution in [0.15, 0.2) is 54.6 Å². The maximum absolute atomic E-state index is 12.6. The minimum absolute atomic E-state index is 0.0132. The van der Waals surface area contributed by atoms with Crippen molar-refractivity contribution in [2.24, 2.45) is 0 Å². The van der Waals surface area contributed by atoms with Crippen LogP contribution in [0.3, 0.4) is 0 Å². The molecular formula is C20H23ClN2O2. The van der Waals surface area contributed by atoms with Gasteiger partial charge in [-0.1, -0.05) is 54.1 Å². The number of carbonyl (C=O) groups is 1. The molecule has 1 aliphatic rings. The Kier molecular flexibility index (Phi) is 5.95. The summed E-state index contributed by atoms with van der Waals surface area (Å²) in [5, 5.41) is 0.523. The van der Waals surface area contributed by atoms with Crippen LogP contribution in [0.5, 0.6) is 5.75 Å². The van der Waals surface area contributed by atoms with E-state index in [9.17, 15) is 4.79 Å². The molecule has 0 saturated carbocycles. The Morgan fingerprint density at radius 3 is 2.36 bits per heavy atom. The molecule has 0 aliphatic carbocycles. The quantitative estimate of drug-likeness (QED) is 0.820. The van der Waals surface area contributed by atoms with Gasteiger partial charge in [0.05, 0.1) is 5.02 Å². The maximum atomic E-state index is 12.6. The standard InChI is InChI=1S/C20H23ClN2O2/c1-16(25-19-10-6-5-9-18(19)21)20(24)23-13-11-22(12-14-23)15-17-7-3-2-4-8-17/h2-10,16H,11-15H2,1H3/t16-/m1/s1. The van der Waals surface area contributed by atoms with Crippen LogP contribution >= 0.6 is 11.6 Å². The highest BCUT2D eigenvalue weighted by atomic mass is 35.5. The van der Waals surface area contributed by atoms with Crippen molar-refractivity contribution in [1.82, 2.24) is 9.80 Å². The van der Waals surface area contributed by atoms with E-state index in [1.54, 1.807) is 19.1 Å². The van der Waals surface area contributed by atoms with E-state index in [-0.39, 0.29) is 5.91 Å². The van der Waals surface area contributed by atoms with Crippen LogP contribution in [-0.2, 0) is 11.3 Å². The zero-order chi connectivity index (χ0) is 17.6. The SMILES string of the molecule is C[C@@H](Oc1ccccc1Cl)C(=O)N1CCN(Cc2ccccc2)CC1. The number of hydrogen-bond donors (Lipinski definition) is 0. The maximum Gasteiger partial charge on any atom is 0.263 e. The molecule has 1 aliphatic heterocycles.